The number of hydrogen-bond acceptors (Lipinski definition) is 2. The van der Waals surface area contributed by atoms with E-state index in [4.69, 9.17) is 0 Å². The number of allylic oxidation sites excluding steroid dienone is 1. The summed E-state index contributed by atoms with van der Waals surface area (Å²) in [5, 5.41) is 2.74. The summed E-state index contributed by atoms with van der Waals surface area (Å²) in [6.45, 7) is 7.82. The molecule has 0 spiro atoms. The number of rotatable bonds is 6. The Hall–Kier alpha value is -1.09. The molecule has 0 fully saturated rings. The molecule has 0 atom stereocenters. The average molecular weight is 182 g/mol. The molecular weight excluding hydrogens is 164 g/mol. The van der Waals surface area contributed by atoms with Gasteiger partial charge in [-0.2, -0.15) is 0 Å². The Morgan fingerprint density at radius 3 is 2.62 bits per heavy atom. The fourth-order valence-corrected chi connectivity index (χ4v) is 0.745. The maximum Gasteiger partial charge on any atom is 0.247 e. The van der Waals surface area contributed by atoms with Crippen molar-refractivity contribution in [2.75, 3.05) is 20.8 Å². The lowest BCUT2D eigenvalue weighted by Crippen LogP contribution is -2.33. The number of hydrogen-bond donors (Lipinski definition) is 1. The minimum atomic E-state index is -0.0736. The molecule has 0 bridgehead atoms. The van der Waals surface area contributed by atoms with E-state index >= 15 is 0 Å². The molecule has 0 aliphatic heterocycles. The molecule has 0 unspecified atom stereocenters. The van der Waals surface area contributed by atoms with Gasteiger partial charge in [-0.15, -0.1) is 6.58 Å². The van der Waals surface area contributed by atoms with Gasteiger partial charge in [-0.05, 0) is 26.9 Å². The summed E-state index contributed by atoms with van der Waals surface area (Å²) in [6, 6.07) is 0. The predicted molar refractivity (Wildman–Crippen MR) is 55.3 cm³/mol. The summed E-state index contributed by atoms with van der Waals surface area (Å²) in [5.41, 5.74) is 0.613. The molecule has 0 aromatic carbocycles. The van der Waals surface area contributed by atoms with Gasteiger partial charge in [0.15, 0.2) is 0 Å². The predicted octanol–water partition coefficient (Wildman–Crippen LogP) is 1.14. The third-order valence-corrected chi connectivity index (χ3v) is 1.53. The molecular formula is C10H18N2O. The molecule has 1 N–H and O–H groups in total. The SMILES string of the molecule is C=CCCC(=C)C(=O)NCN(C)C. The van der Waals surface area contributed by atoms with Gasteiger partial charge < -0.3 is 5.32 Å². The lowest BCUT2D eigenvalue weighted by atomic mass is 10.1. The standard InChI is InChI=1S/C10H18N2O/c1-5-6-7-9(2)10(13)11-8-12(3)4/h5H,1-2,6-8H2,3-4H3,(H,11,13). The Bertz CT molecular complexity index is 197. The van der Waals surface area contributed by atoms with Gasteiger partial charge in [0.05, 0.1) is 6.67 Å². The molecule has 0 saturated carbocycles. The highest BCUT2D eigenvalue weighted by Crippen LogP contribution is 2.01. The Morgan fingerprint density at radius 2 is 2.15 bits per heavy atom. The van der Waals surface area contributed by atoms with Crippen LogP contribution >= 0.6 is 0 Å². The molecule has 1 amide bonds. The molecule has 0 saturated heterocycles. The Balaban J connectivity index is 3.69. The minimum absolute atomic E-state index is 0.0736. The van der Waals surface area contributed by atoms with Crippen molar-refractivity contribution in [3.05, 3.63) is 24.8 Å². The van der Waals surface area contributed by atoms with Gasteiger partial charge in [-0.25, -0.2) is 0 Å². The molecule has 0 heterocycles. The van der Waals surface area contributed by atoms with Crippen LogP contribution in [0.1, 0.15) is 12.8 Å². The van der Waals surface area contributed by atoms with E-state index in [-0.39, 0.29) is 5.91 Å². The van der Waals surface area contributed by atoms with Crippen molar-refractivity contribution in [2.24, 2.45) is 0 Å². The normalized spacial score (nSPS) is 9.77. The van der Waals surface area contributed by atoms with Gasteiger partial charge in [-0.3, -0.25) is 9.69 Å². The van der Waals surface area contributed by atoms with Crippen LogP contribution in [0, 0.1) is 0 Å². The largest absolute Gasteiger partial charge is 0.340 e. The molecule has 3 heteroatoms. The quantitative estimate of drug-likeness (QED) is 0.379. The van der Waals surface area contributed by atoms with E-state index < -0.39 is 0 Å². The fourth-order valence-electron chi connectivity index (χ4n) is 0.745. The summed E-state index contributed by atoms with van der Waals surface area (Å²) in [7, 11) is 3.79. The maximum atomic E-state index is 11.3. The van der Waals surface area contributed by atoms with Crippen LogP contribution in [0.2, 0.25) is 0 Å². The Labute approximate surface area is 80.1 Å². The lowest BCUT2D eigenvalue weighted by Gasteiger charge is -2.11. The minimum Gasteiger partial charge on any atom is -0.340 e. The first kappa shape index (κ1) is 11.9. The summed E-state index contributed by atoms with van der Waals surface area (Å²) >= 11 is 0. The molecule has 13 heavy (non-hydrogen) atoms. The lowest BCUT2D eigenvalue weighted by molar-refractivity contribution is -0.118. The molecule has 0 aromatic heterocycles. The van der Waals surface area contributed by atoms with Crippen molar-refractivity contribution in [3.8, 4) is 0 Å². The van der Waals surface area contributed by atoms with E-state index in [9.17, 15) is 4.79 Å². The second-order valence-electron chi connectivity index (χ2n) is 3.17. The van der Waals surface area contributed by atoms with Crippen LogP contribution in [0.3, 0.4) is 0 Å². The van der Waals surface area contributed by atoms with Crippen LogP contribution in [-0.2, 0) is 4.79 Å². The molecule has 0 aromatic rings. The van der Waals surface area contributed by atoms with Gasteiger partial charge in [0, 0.05) is 5.57 Å². The topological polar surface area (TPSA) is 32.3 Å². The van der Waals surface area contributed by atoms with Gasteiger partial charge in [-0.1, -0.05) is 12.7 Å². The molecule has 3 nitrogen and oxygen atoms in total. The number of carbonyl (C=O) groups excluding carboxylic acids is 1. The smallest absolute Gasteiger partial charge is 0.247 e. The van der Waals surface area contributed by atoms with Crippen molar-refractivity contribution in [3.63, 3.8) is 0 Å². The van der Waals surface area contributed by atoms with Crippen LogP contribution in [0.25, 0.3) is 0 Å². The summed E-state index contributed by atoms with van der Waals surface area (Å²) < 4.78 is 0. The first-order valence-corrected chi connectivity index (χ1v) is 4.29. The van der Waals surface area contributed by atoms with E-state index in [0.717, 1.165) is 6.42 Å². The zero-order valence-electron chi connectivity index (χ0n) is 8.47. The van der Waals surface area contributed by atoms with Crippen LogP contribution in [0.15, 0.2) is 24.8 Å². The second kappa shape index (κ2) is 6.43. The Morgan fingerprint density at radius 1 is 1.54 bits per heavy atom. The van der Waals surface area contributed by atoms with E-state index in [1.807, 2.05) is 19.0 Å². The average Bonchev–Trinajstić information content (AvgIpc) is 2.10. The Kier molecular flexibility index (Phi) is 5.89. The van der Waals surface area contributed by atoms with Crippen LogP contribution < -0.4 is 5.32 Å². The van der Waals surface area contributed by atoms with Crippen molar-refractivity contribution in [2.45, 2.75) is 12.8 Å². The van der Waals surface area contributed by atoms with Gasteiger partial charge in [0.25, 0.3) is 0 Å². The highest BCUT2D eigenvalue weighted by atomic mass is 16.1. The highest BCUT2D eigenvalue weighted by molar-refractivity contribution is 5.92. The van der Waals surface area contributed by atoms with E-state index in [2.05, 4.69) is 18.5 Å². The van der Waals surface area contributed by atoms with E-state index in [1.165, 1.54) is 0 Å². The third kappa shape index (κ3) is 6.11. The third-order valence-electron chi connectivity index (χ3n) is 1.53. The molecule has 0 aliphatic rings. The molecule has 0 aliphatic carbocycles. The van der Waals surface area contributed by atoms with Crippen molar-refractivity contribution in [1.82, 2.24) is 10.2 Å². The highest BCUT2D eigenvalue weighted by Gasteiger charge is 2.04. The van der Waals surface area contributed by atoms with Crippen LogP contribution in [0.4, 0.5) is 0 Å². The summed E-state index contributed by atoms with van der Waals surface area (Å²) in [6.07, 6.45) is 3.27. The first-order chi connectivity index (χ1) is 6.07. The summed E-state index contributed by atoms with van der Waals surface area (Å²) in [5.74, 6) is -0.0736. The molecule has 0 radical (unpaired) electrons. The van der Waals surface area contributed by atoms with E-state index in [0.29, 0.717) is 18.7 Å². The van der Waals surface area contributed by atoms with E-state index in [1.54, 1.807) is 6.08 Å². The van der Waals surface area contributed by atoms with Gasteiger partial charge in [0.2, 0.25) is 5.91 Å². The summed E-state index contributed by atoms with van der Waals surface area (Å²) in [4.78, 5) is 13.2. The first-order valence-electron chi connectivity index (χ1n) is 4.29. The van der Waals surface area contributed by atoms with Gasteiger partial charge >= 0.3 is 0 Å². The molecule has 74 valence electrons. The van der Waals surface area contributed by atoms with Gasteiger partial charge in [0.1, 0.15) is 0 Å². The number of carbonyl (C=O) groups is 1. The second-order valence-corrected chi connectivity index (χ2v) is 3.17. The monoisotopic (exact) mass is 182 g/mol. The molecule has 0 rings (SSSR count). The van der Waals surface area contributed by atoms with Crippen molar-refractivity contribution < 1.29 is 4.79 Å². The maximum absolute atomic E-state index is 11.3. The van der Waals surface area contributed by atoms with Crippen LogP contribution in [0.5, 0.6) is 0 Å². The number of amides is 1. The zero-order chi connectivity index (χ0) is 10.3. The number of nitrogens with one attached hydrogen (secondary N) is 1. The zero-order valence-corrected chi connectivity index (χ0v) is 8.47. The van der Waals surface area contributed by atoms with Crippen molar-refractivity contribution in [1.29, 1.82) is 0 Å². The fraction of sp³-hybridized carbons (Fsp3) is 0.500. The number of nitrogens with zero attached hydrogens (tertiary/aromatic N) is 1. The van der Waals surface area contributed by atoms with Crippen LogP contribution in [-0.4, -0.2) is 31.6 Å². The van der Waals surface area contributed by atoms with Crippen molar-refractivity contribution >= 4 is 5.91 Å².